The Hall–Kier alpha value is -2.93. The van der Waals surface area contributed by atoms with E-state index < -0.39 is 5.41 Å². The zero-order chi connectivity index (χ0) is 24.3. The van der Waals surface area contributed by atoms with Gasteiger partial charge in [-0.3, -0.25) is 14.5 Å². The predicted octanol–water partition coefficient (Wildman–Crippen LogP) is 3.52. The number of rotatable bonds is 5. The Labute approximate surface area is 201 Å². The lowest BCUT2D eigenvalue weighted by Crippen LogP contribution is -2.56. The molecule has 1 atom stereocenters. The highest BCUT2D eigenvalue weighted by atomic mass is 19.1. The average molecular weight is 468 g/mol. The lowest BCUT2D eigenvalue weighted by Gasteiger charge is -2.47. The van der Waals surface area contributed by atoms with Crippen LogP contribution >= 0.6 is 0 Å². The molecule has 0 N–H and O–H groups in total. The van der Waals surface area contributed by atoms with Crippen LogP contribution in [0.5, 0.6) is 5.75 Å². The first-order valence-corrected chi connectivity index (χ1v) is 12.0. The third-order valence-electron chi connectivity index (χ3n) is 7.54. The molecular weight excluding hydrogens is 433 g/mol. The molecule has 0 aromatic heterocycles. The Morgan fingerprint density at radius 3 is 2.29 bits per heavy atom. The minimum absolute atomic E-state index is 0.0195. The number of piperazine rings is 1. The number of hydrogen-bond acceptors (Lipinski definition) is 4. The van der Waals surface area contributed by atoms with Gasteiger partial charge in [0.15, 0.2) is 0 Å². The summed E-state index contributed by atoms with van der Waals surface area (Å²) in [5.74, 6) is 0.617. The maximum Gasteiger partial charge on any atom is 0.229 e. The van der Waals surface area contributed by atoms with Gasteiger partial charge in [0.05, 0.1) is 18.6 Å². The summed E-state index contributed by atoms with van der Waals surface area (Å²) in [5.41, 5.74) is 0.984. The Morgan fingerprint density at radius 1 is 1.00 bits per heavy atom. The fourth-order valence-corrected chi connectivity index (χ4v) is 5.30. The Morgan fingerprint density at radius 2 is 1.68 bits per heavy atom. The smallest absolute Gasteiger partial charge is 0.229 e. The molecular formula is C27H34FN3O3. The number of amides is 2. The first-order chi connectivity index (χ1) is 16.3. The maximum atomic E-state index is 14.6. The summed E-state index contributed by atoms with van der Waals surface area (Å²) in [6.45, 7) is 4.58. The summed E-state index contributed by atoms with van der Waals surface area (Å²) in [6, 6.07) is 14.8. The molecule has 7 heteroatoms. The van der Waals surface area contributed by atoms with Crippen molar-refractivity contribution in [3.63, 3.8) is 0 Å². The number of hydrogen-bond donors (Lipinski definition) is 0. The fourth-order valence-electron chi connectivity index (χ4n) is 5.30. The molecule has 2 saturated heterocycles. The van der Waals surface area contributed by atoms with E-state index in [0.29, 0.717) is 51.0 Å². The predicted molar refractivity (Wildman–Crippen MR) is 129 cm³/mol. The Kier molecular flexibility index (Phi) is 7.22. The van der Waals surface area contributed by atoms with Crippen molar-refractivity contribution in [2.75, 3.05) is 46.9 Å². The number of ether oxygens (including phenoxy) is 1. The number of benzene rings is 2. The van der Waals surface area contributed by atoms with E-state index in [4.69, 9.17) is 4.74 Å². The van der Waals surface area contributed by atoms with E-state index in [1.807, 2.05) is 23.1 Å². The molecule has 2 heterocycles. The summed E-state index contributed by atoms with van der Waals surface area (Å²) in [5, 5.41) is 0. The van der Waals surface area contributed by atoms with E-state index in [1.165, 1.54) is 6.07 Å². The number of likely N-dealkylation sites (tertiary alicyclic amines) is 1. The molecule has 0 bridgehead atoms. The minimum atomic E-state index is -0.714. The van der Waals surface area contributed by atoms with Gasteiger partial charge in [-0.25, -0.2) is 4.39 Å². The zero-order valence-corrected chi connectivity index (χ0v) is 20.3. The van der Waals surface area contributed by atoms with Gasteiger partial charge in [-0.05, 0) is 55.6 Å². The van der Waals surface area contributed by atoms with Gasteiger partial charge < -0.3 is 14.5 Å². The van der Waals surface area contributed by atoms with Gasteiger partial charge in [-0.1, -0.05) is 30.3 Å². The number of nitrogens with zero attached hydrogens (tertiary/aromatic N) is 3. The molecule has 0 saturated carbocycles. The molecule has 2 aromatic carbocycles. The molecule has 6 nitrogen and oxygen atoms in total. The van der Waals surface area contributed by atoms with Crippen molar-refractivity contribution in [1.82, 2.24) is 14.7 Å². The van der Waals surface area contributed by atoms with Gasteiger partial charge in [0, 0.05) is 39.6 Å². The van der Waals surface area contributed by atoms with Gasteiger partial charge in [0.25, 0.3) is 0 Å². The lowest BCUT2D eigenvalue weighted by atomic mass is 9.72. The second kappa shape index (κ2) is 10.1. The third-order valence-corrected chi connectivity index (χ3v) is 7.54. The highest BCUT2D eigenvalue weighted by Gasteiger charge is 2.45. The van der Waals surface area contributed by atoms with E-state index in [1.54, 1.807) is 31.1 Å². The number of piperidine rings is 1. The van der Waals surface area contributed by atoms with Crippen molar-refractivity contribution in [2.45, 2.75) is 32.2 Å². The van der Waals surface area contributed by atoms with Crippen molar-refractivity contribution in [2.24, 2.45) is 5.41 Å². The topological polar surface area (TPSA) is 53.1 Å². The summed E-state index contributed by atoms with van der Waals surface area (Å²) in [4.78, 5) is 32.1. The summed E-state index contributed by atoms with van der Waals surface area (Å²) < 4.78 is 19.9. The van der Waals surface area contributed by atoms with E-state index >= 15 is 0 Å². The lowest BCUT2D eigenvalue weighted by molar-refractivity contribution is -0.150. The van der Waals surface area contributed by atoms with Crippen LogP contribution in [0.15, 0.2) is 48.5 Å². The molecule has 2 fully saturated rings. The number of likely N-dealkylation sites (N-methyl/N-ethyl adjacent to an activating group) is 1. The van der Waals surface area contributed by atoms with E-state index in [-0.39, 0.29) is 23.7 Å². The van der Waals surface area contributed by atoms with Crippen LogP contribution in [0.2, 0.25) is 0 Å². The fraction of sp³-hybridized carbons (Fsp3) is 0.481. The normalized spacial score (nSPS) is 20.8. The first-order valence-electron chi connectivity index (χ1n) is 12.0. The van der Waals surface area contributed by atoms with Gasteiger partial charge in [0.1, 0.15) is 11.6 Å². The third kappa shape index (κ3) is 4.94. The molecule has 182 valence electrons. The van der Waals surface area contributed by atoms with Gasteiger partial charge in [0.2, 0.25) is 11.8 Å². The monoisotopic (exact) mass is 467 g/mol. The largest absolute Gasteiger partial charge is 0.497 e. The molecule has 2 aromatic rings. The minimum Gasteiger partial charge on any atom is -0.497 e. The van der Waals surface area contributed by atoms with Crippen molar-refractivity contribution >= 4 is 11.8 Å². The molecule has 2 amide bonds. The molecule has 0 unspecified atom stereocenters. The molecule has 4 rings (SSSR count). The second-order valence-corrected chi connectivity index (χ2v) is 9.58. The van der Waals surface area contributed by atoms with Crippen molar-refractivity contribution in [3.8, 4) is 5.75 Å². The van der Waals surface area contributed by atoms with Gasteiger partial charge >= 0.3 is 0 Å². The summed E-state index contributed by atoms with van der Waals surface area (Å²) >= 11 is 0. The Bertz CT molecular complexity index is 1020. The van der Waals surface area contributed by atoms with Crippen LogP contribution in [0.1, 0.15) is 36.9 Å². The van der Waals surface area contributed by atoms with E-state index in [0.717, 1.165) is 17.9 Å². The SMILES string of the molecule is COc1ccc([C@@H]2CN(C(=O)C3(Cc4ccccc4F)CCN(C(C)=O)CC3)CCN2C)cc1. The number of carbonyl (C=O) groups excluding carboxylic acids is 2. The van der Waals surface area contributed by atoms with Crippen molar-refractivity contribution in [1.29, 1.82) is 0 Å². The maximum absolute atomic E-state index is 14.6. The van der Waals surface area contributed by atoms with Crippen LogP contribution in [0.25, 0.3) is 0 Å². The van der Waals surface area contributed by atoms with Crippen molar-refractivity contribution < 1.29 is 18.7 Å². The molecule has 0 aliphatic carbocycles. The second-order valence-electron chi connectivity index (χ2n) is 9.58. The molecule has 0 spiro atoms. The highest BCUT2D eigenvalue weighted by Crippen LogP contribution is 2.39. The van der Waals surface area contributed by atoms with Gasteiger partial charge in [-0.15, -0.1) is 0 Å². The first kappa shape index (κ1) is 24.2. The van der Waals surface area contributed by atoms with Crippen molar-refractivity contribution in [3.05, 3.63) is 65.5 Å². The molecule has 34 heavy (non-hydrogen) atoms. The van der Waals surface area contributed by atoms with Crippen LogP contribution in [0, 0.1) is 11.2 Å². The van der Waals surface area contributed by atoms with Crippen LogP contribution in [0.4, 0.5) is 4.39 Å². The number of halogens is 1. The van der Waals surface area contributed by atoms with Crippen LogP contribution in [-0.4, -0.2) is 73.4 Å². The molecule has 0 radical (unpaired) electrons. The standard InChI is InChI=1S/C27H34FN3O3/c1-20(32)30-14-12-27(13-15-30,18-22-6-4-5-7-24(22)28)26(33)31-17-16-29(2)25(19-31)21-8-10-23(34-3)11-9-21/h4-11,25H,12-19H2,1-3H3/t25-/m0/s1. The van der Waals surface area contributed by atoms with Gasteiger partial charge in [-0.2, -0.15) is 0 Å². The van der Waals surface area contributed by atoms with E-state index in [9.17, 15) is 14.0 Å². The summed E-state index contributed by atoms with van der Waals surface area (Å²) in [7, 11) is 3.73. The van der Waals surface area contributed by atoms with Crippen LogP contribution in [-0.2, 0) is 16.0 Å². The van der Waals surface area contributed by atoms with Crippen LogP contribution < -0.4 is 4.74 Å². The molecule has 2 aliphatic rings. The molecule has 2 aliphatic heterocycles. The average Bonchev–Trinajstić information content (AvgIpc) is 2.86. The zero-order valence-electron chi connectivity index (χ0n) is 20.3. The quantitative estimate of drug-likeness (QED) is 0.675. The number of methoxy groups -OCH3 is 1. The Balaban J connectivity index is 1.58. The van der Waals surface area contributed by atoms with Crippen LogP contribution in [0.3, 0.4) is 0 Å². The summed E-state index contributed by atoms with van der Waals surface area (Å²) in [6.07, 6.45) is 1.43. The highest BCUT2D eigenvalue weighted by molar-refractivity contribution is 5.84. The number of carbonyl (C=O) groups is 2. The van der Waals surface area contributed by atoms with E-state index in [2.05, 4.69) is 24.1 Å².